The summed E-state index contributed by atoms with van der Waals surface area (Å²) >= 11 is 1.24. The molecule has 1 atom stereocenters. The Hall–Kier alpha value is -3.92. The smallest absolute Gasteiger partial charge is 0.253 e. The van der Waals surface area contributed by atoms with Crippen LogP contribution in [0, 0.1) is 0 Å². The van der Waals surface area contributed by atoms with Crippen LogP contribution in [0.25, 0.3) is 5.78 Å². The molecular formula is C26H24N4O5S. The number of carbonyl (C=O) groups excluding carboxylic acids is 2. The Morgan fingerprint density at radius 1 is 1.03 bits per heavy atom. The third kappa shape index (κ3) is 4.51. The molecule has 0 bridgehead atoms. The minimum absolute atomic E-state index is 0.00456. The van der Waals surface area contributed by atoms with E-state index >= 15 is 0 Å². The second kappa shape index (κ2) is 9.98. The van der Waals surface area contributed by atoms with Gasteiger partial charge >= 0.3 is 0 Å². The Kier molecular flexibility index (Phi) is 6.60. The summed E-state index contributed by atoms with van der Waals surface area (Å²) in [6, 6.07) is 12.8. The van der Waals surface area contributed by atoms with Crippen LogP contribution in [-0.2, 0) is 6.42 Å². The van der Waals surface area contributed by atoms with Crippen LogP contribution in [0.4, 0.5) is 0 Å². The quantitative estimate of drug-likeness (QED) is 0.260. The number of methoxy groups -OCH3 is 3. The summed E-state index contributed by atoms with van der Waals surface area (Å²) in [4.78, 5) is 34.6. The highest BCUT2D eigenvalue weighted by molar-refractivity contribution is 7.99. The summed E-state index contributed by atoms with van der Waals surface area (Å²) in [5, 5.41) is 4.85. The first kappa shape index (κ1) is 23.8. The number of ketones is 2. The molecule has 2 aromatic carbocycles. The molecule has 0 amide bonds. The first-order valence-corrected chi connectivity index (χ1v) is 12.3. The van der Waals surface area contributed by atoms with Crippen LogP contribution in [0.15, 0.2) is 53.8 Å². The lowest BCUT2D eigenvalue weighted by molar-refractivity contribution is 0.0961. The first-order valence-electron chi connectivity index (χ1n) is 11.3. The van der Waals surface area contributed by atoms with Gasteiger partial charge in [0.25, 0.3) is 5.78 Å². The van der Waals surface area contributed by atoms with Crippen molar-refractivity contribution >= 4 is 29.1 Å². The third-order valence-electron chi connectivity index (χ3n) is 6.15. The number of hydrogen-bond acceptors (Lipinski definition) is 9. The number of nitrogens with zero attached hydrogens (tertiary/aromatic N) is 4. The summed E-state index contributed by atoms with van der Waals surface area (Å²) in [5.74, 6) is 2.06. The zero-order chi connectivity index (χ0) is 25.2. The van der Waals surface area contributed by atoms with Crippen LogP contribution in [0.1, 0.15) is 44.3 Å². The van der Waals surface area contributed by atoms with Gasteiger partial charge in [-0.25, -0.2) is 9.50 Å². The number of hydrogen-bond donors (Lipinski definition) is 0. The van der Waals surface area contributed by atoms with Crippen molar-refractivity contribution in [3.8, 4) is 17.2 Å². The fourth-order valence-corrected chi connectivity index (χ4v) is 5.05. The highest BCUT2D eigenvalue weighted by atomic mass is 32.2. The summed E-state index contributed by atoms with van der Waals surface area (Å²) in [5.41, 5.74) is 2.75. The fraction of sp³-hybridized carbons (Fsp3) is 0.269. The Labute approximate surface area is 211 Å². The van der Waals surface area contributed by atoms with Crippen LogP contribution in [-0.4, -0.2) is 58.2 Å². The maximum absolute atomic E-state index is 13.1. The monoisotopic (exact) mass is 504 g/mol. The lowest BCUT2D eigenvalue weighted by atomic mass is 9.82. The normalized spacial score (nSPS) is 15.0. The highest BCUT2D eigenvalue weighted by Crippen LogP contribution is 2.42. The van der Waals surface area contributed by atoms with Gasteiger partial charge in [0.05, 0.1) is 38.3 Å². The molecule has 9 nitrogen and oxygen atoms in total. The third-order valence-corrected chi connectivity index (χ3v) is 6.99. The Morgan fingerprint density at radius 2 is 1.75 bits per heavy atom. The van der Waals surface area contributed by atoms with Crippen molar-refractivity contribution in [2.75, 3.05) is 27.1 Å². The van der Waals surface area contributed by atoms with E-state index in [1.54, 1.807) is 39.7 Å². The van der Waals surface area contributed by atoms with Gasteiger partial charge in [0.15, 0.2) is 23.1 Å². The molecule has 1 aliphatic rings. The van der Waals surface area contributed by atoms with Crippen molar-refractivity contribution in [2.24, 2.45) is 0 Å². The topological polar surface area (TPSA) is 105 Å². The van der Waals surface area contributed by atoms with Gasteiger partial charge in [0.2, 0.25) is 10.9 Å². The maximum atomic E-state index is 13.1. The molecule has 184 valence electrons. The van der Waals surface area contributed by atoms with Crippen LogP contribution < -0.4 is 14.2 Å². The predicted molar refractivity (Wildman–Crippen MR) is 134 cm³/mol. The molecule has 2 aromatic heterocycles. The molecule has 0 fully saturated rings. The Morgan fingerprint density at radius 3 is 2.42 bits per heavy atom. The summed E-state index contributed by atoms with van der Waals surface area (Å²) in [7, 11) is 4.68. The van der Waals surface area contributed by atoms with Gasteiger partial charge in [-0.2, -0.15) is 4.98 Å². The SMILES string of the molecule is COc1cc(C2CC(=O)c3cn4nc(SCC(=O)c5ccccc5)nc4nc3C2)cc(OC)c1OC. The molecule has 0 spiro atoms. The minimum atomic E-state index is -0.103. The zero-order valence-electron chi connectivity index (χ0n) is 20.1. The number of fused-ring (bicyclic) bond motifs is 2. The van der Waals surface area contributed by atoms with Crippen LogP contribution in [0.5, 0.6) is 17.2 Å². The fourth-order valence-electron chi connectivity index (χ4n) is 4.34. The molecule has 0 saturated carbocycles. The second-order valence-corrected chi connectivity index (χ2v) is 9.25. The van der Waals surface area contributed by atoms with Crippen molar-refractivity contribution in [2.45, 2.75) is 23.9 Å². The van der Waals surface area contributed by atoms with Crippen LogP contribution in [0.3, 0.4) is 0 Å². The molecule has 1 aliphatic carbocycles. The van der Waals surface area contributed by atoms with E-state index in [1.165, 1.54) is 16.3 Å². The molecule has 0 aliphatic heterocycles. The number of rotatable bonds is 8. The Balaban J connectivity index is 1.39. The molecule has 10 heteroatoms. The van der Waals surface area contributed by atoms with Crippen molar-refractivity contribution in [1.82, 2.24) is 19.6 Å². The van der Waals surface area contributed by atoms with Crippen molar-refractivity contribution in [3.05, 3.63) is 71.0 Å². The summed E-state index contributed by atoms with van der Waals surface area (Å²) in [6.45, 7) is 0. The van der Waals surface area contributed by atoms with Crippen molar-refractivity contribution < 1.29 is 23.8 Å². The van der Waals surface area contributed by atoms with Crippen LogP contribution in [0.2, 0.25) is 0 Å². The van der Waals surface area contributed by atoms with Gasteiger partial charge in [0, 0.05) is 18.2 Å². The van der Waals surface area contributed by atoms with Gasteiger partial charge in [-0.15, -0.1) is 5.10 Å². The van der Waals surface area contributed by atoms with E-state index in [9.17, 15) is 9.59 Å². The van der Waals surface area contributed by atoms with Crippen LogP contribution >= 0.6 is 11.8 Å². The maximum Gasteiger partial charge on any atom is 0.253 e. The highest BCUT2D eigenvalue weighted by Gasteiger charge is 2.30. The van der Waals surface area contributed by atoms with Crippen molar-refractivity contribution in [3.63, 3.8) is 0 Å². The zero-order valence-corrected chi connectivity index (χ0v) is 20.9. The van der Waals surface area contributed by atoms with Gasteiger partial charge in [-0.05, 0) is 30.0 Å². The predicted octanol–water partition coefficient (Wildman–Crippen LogP) is 4.04. The van der Waals surface area contributed by atoms with Crippen molar-refractivity contribution in [1.29, 1.82) is 0 Å². The van der Waals surface area contributed by atoms with E-state index in [4.69, 9.17) is 14.2 Å². The molecule has 1 unspecified atom stereocenters. The van der Waals surface area contributed by atoms with E-state index in [0.29, 0.717) is 57.8 Å². The molecule has 0 radical (unpaired) electrons. The number of carbonyl (C=O) groups is 2. The van der Waals surface area contributed by atoms with Gasteiger partial charge in [-0.1, -0.05) is 42.1 Å². The van der Waals surface area contributed by atoms with Gasteiger partial charge < -0.3 is 14.2 Å². The Bertz CT molecular complexity index is 1430. The molecule has 36 heavy (non-hydrogen) atoms. The summed E-state index contributed by atoms with van der Waals surface area (Å²) in [6.07, 6.45) is 2.56. The molecule has 0 saturated heterocycles. The molecule has 0 N–H and O–H groups in total. The summed E-state index contributed by atoms with van der Waals surface area (Å²) < 4.78 is 17.9. The molecule has 5 rings (SSSR count). The molecule has 4 aromatic rings. The van der Waals surface area contributed by atoms with Gasteiger partial charge in [0.1, 0.15) is 0 Å². The average Bonchev–Trinajstić information content (AvgIpc) is 3.31. The first-order chi connectivity index (χ1) is 17.5. The second-order valence-electron chi connectivity index (χ2n) is 8.31. The average molecular weight is 505 g/mol. The number of benzene rings is 2. The van der Waals surface area contributed by atoms with E-state index in [0.717, 1.165) is 5.56 Å². The number of ether oxygens (including phenoxy) is 3. The van der Waals surface area contributed by atoms with Gasteiger partial charge in [-0.3, -0.25) is 9.59 Å². The number of thioether (sulfide) groups is 1. The van der Waals surface area contributed by atoms with E-state index in [2.05, 4.69) is 15.1 Å². The minimum Gasteiger partial charge on any atom is -0.493 e. The largest absolute Gasteiger partial charge is 0.493 e. The number of aromatic nitrogens is 4. The van der Waals surface area contributed by atoms with E-state index < -0.39 is 0 Å². The lowest BCUT2D eigenvalue weighted by Gasteiger charge is -2.24. The van der Waals surface area contributed by atoms with E-state index in [-0.39, 0.29) is 23.2 Å². The standard InChI is InChI=1S/C26H24N4O5S/c1-33-22-11-17(12-23(34-2)24(22)35-3)16-9-19-18(20(31)10-16)13-30-25(27-19)28-26(29-30)36-14-21(32)15-7-5-4-6-8-15/h4-8,11-13,16H,9-10,14H2,1-3H3. The lowest BCUT2D eigenvalue weighted by Crippen LogP contribution is -2.21. The molecule has 2 heterocycles. The van der Waals surface area contributed by atoms with E-state index in [1.807, 2.05) is 30.3 Å². The molecular weight excluding hydrogens is 480 g/mol. The number of Topliss-reactive ketones (excluding diaryl/α,β-unsaturated/α-hetero) is 2.